The molecular weight excluding hydrogens is 421 g/mol. The van der Waals surface area contributed by atoms with Gasteiger partial charge >= 0.3 is 0 Å². The van der Waals surface area contributed by atoms with Crippen LogP contribution in [0, 0.1) is 29.5 Å². The monoisotopic (exact) mass is 456 g/mol. The van der Waals surface area contributed by atoms with Gasteiger partial charge in [-0.2, -0.15) is 0 Å². The topological polar surface area (TPSA) is 9.23 Å². The number of allylic oxidation sites excluding steroid dienone is 7. The van der Waals surface area contributed by atoms with Crippen LogP contribution >= 0.6 is 0 Å². The Hall–Kier alpha value is -2.23. The minimum absolute atomic E-state index is 0.195. The van der Waals surface area contributed by atoms with Crippen LogP contribution in [0.1, 0.15) is 69.3 Å². The van der Waals surface area contributed by atoms with Crippen molar-refractivity contribution in [1.82, 2.24) is 0 Å². The van der Waals surface area contributed by atoms with Gasteiger partial charge in [-0.1, -0.05) is 30.4 Å². The number of hydrogen-bond donors (Lipinski definition) is 0. The molecule has 0 saturated heterocycles. The summed E-state index contributed by atoms with van der Waals surface area (Å²) < 4.78 is 49.3. The zero-order valence-corrected chi connectivity index (χ0v) is 19.5. The van der Waals surface area contributed by atoms with E-state index in [1.165, 1.54) is 13.2 Å². The Kier molecular flexibility index (Phi) is 7.82. The fourth-order valence-corrected chi connectivity index (χ4v) is 5.90. The van der Waals surface area contributed by atoms with E-state index < -0.39 is 11.7 Å². The van der Waals surface area contributed by atoms with E-state index in [1.807, 2.05) is 30.4 Å². The van der Waals surface area contributed by atoms with Crippen LogP contribution in [-0.4, -0.2) is 7.11 Å². The standard InChI is InChI=1S/C29H35F3O/c1-3-19-4-9-22(10-5-19)26-16-14-23(28(31)29(26)32)13-8-20-6-11-21(12-7-20)25-17-15-24(33-2)18-27(25)30/h3,8,13-15,17-22,26H,1,4-7,9-12,16H2,2H3/b13-8+. The van der Waals surface area contributed by atoms with Gasteiger partial charge in [0.15, 0.2) is 5.83 Å². The minimum atomic E-state index is -0.678. The number of hydrogen-bond acceptors (Lipinski definition) is 1. The molecule has 4 heteroatoms. The molecule has 33 heavy (non-hydrogen) atoms. The molecule has 0 radical (unpaired) electrons. The van der Waals surface area contributed by atoms with Gasteiger partial charge in [-0.25, -0.2) is 13.2 Å². The van der Waals surface area contributed by atoms with E-state index in [9.17, 15) is 13.2 Å². The van der Waals surface area contributed by atoms with Gasteiger partial charge in [-0.05, 0) is 93.1 Å². The largest absolute Gasteiger partial charge is 0.497 e. The van der Waals surface area contributed by atoms with Crippen LogP contribution < -0.4 is 4.74 Å². The highest BCUT2D eigenvalue weighted by atomic mass is 19.2. The fraction of sp³-hybridized carbons (Fsp3) is 0.517. The van der Waals surface area contributed by atoms with Gasteiger partial charge in [0.25, 0.3) is 0 Å². The first kappa shape index (κ1) is 23.9. The van der Waals surface area contributed by atoms with Crippen molar-refractivity contribution in [3.63, 3.8) is 0 Å². The smallest absolute Gasteiger partial charge is 0.161 e. The van der Waals surface area contributed by atoms with Gasteiger partial charge in [0, 0.05) is 17.6 Å². The summed E-state index contributed by atoms with van der Waals surface area (Å²) in [6, 6.07) is 5.08. The summed E-state index contributed by atoms with van der Waals surface area (Å²) in [4.78, 5) is 0. The molecule has 178 valence electrons. The average Bonchev–Trinajstić information content (AvgIpc) is 2.85. The van der Waals surface area contributed by atoms with Gasteiger partial charge in [0.2, 0.25) is 0 Å². The van der Waals surface area contributed by atoms with Gasteiger partial charge in [-0.3, -0.25) is 0 Å². The predicted molar refractivity (Wildman–Crippen MR) is 128 cm³/mol. The summed E-state index contributed by atoms with van der Waals surface area (Å²) in [5.41, 5.74) is 1.13. The normalized spacial score (nSPS) is 30.9. The Balaban J connectivity index is 1.32. The number of methoxy groups -OCH3 is 1. The molecule has 1 unspecified atom stereocenters. The zero-order chi connectivity index (χ0) is 23.4. The zero-order valence-electron chi connectivity index (χ0n) is 19.5. The molecule has 0 aromatic heterocycles. The molecule has 3 aliphatic rings. The van der Waals surface area contributed by atoms with E-state index in [0.29, 0.717) is 29.6 Å². The molecule has 1 aromatic carbocycles. The number of ether oxygens (including phenoxy) is 1. The van der Waals surface area contributed by atoms with E-state index in [-0.39, 0.29) is 23.6 Å². The van der Waals surface area contributed by atoms with Crippen LogP contribution in [0.15, 0.2) is 66.3 Å². The van der Waals surface area contributed by atoms with Crippen molar-refractivity contribution >= 4 is 0 Å². The Morgan fingerprint density at radius 1 is 0.939 bits per heavy atom. The van der Waals surface area contributed by atoms with Crippen molar-refractivity contribution in [1.29, 1.82) is 0 Å². The molecule has 2 saturated carbocycles. The van der Waals surface area contributed by atoms with E-state index in [2.05, 4.69) is 6.58 Å². The molecule has 1 aromatic rings. The summed E-state index contributed by atoms with van der Waals surface area (Å²) in [6.07, 6.45) is 15.8. The fourth-order valence-electron chi connectivity index (χ4n) is 5.90. The highest BCUT2D eigenvalue weighted by Crippen LogP contribution is 2.44. The second-order valence-corrected chi connectivity index (χ2v) is 9.93. The number of halogens is 3. The van der Waals surface area contributed by atoms with Crippen LogP contribution in [0.25, 0.3) is 0 Å². The lowest BCUT2D eigenvalue weighted by Gasteiger charge is -2.33. The van der Waals surface area contributed by atoms with Crippen LogP contribution in [0.3, 0.4) is 0 Å². The summed E-state index contributed by atoms with van der Waals surface area (Å²) >= 11 is 0. The Morgan fingerprint density at radius 2 is 1.64 bits per heavy atom. The summed E-state index contributed by atoms with van der Waals surface area (Å²) in [5, 5.41) is 0. The third-order valence-corrected chi connectivity index (χ3v) is 8.07. The highest BCUT2D eigenvalue weighted by molar-refractivity contribution is 5.41. The number of rotatable bonds is 6. The molecule has 0 heterocycles. The maximum Gasteiger partial charge on any atom is 0.161 e. The van der Waals surface area contributed by atoms with Crippen molar-refractivity contribution in [2.45, 2.75) is 63.7 Å². The Bertz CT molecular complexity index is 928. The van der Waals surface area contributed by atoms with Gasteiger partial charge in [-0.15, -0.1) is 6.58 Å². The quantitative estimate of drug-likeness (QED) is 0.389. The second-order valence-electron chi connectivity index (χ2n) is 9.93. The van der Waals surface area contributed by atoms with Gasteiger partial charge in [0.1, 0.15) is 17.4 Å². The molecule has 0 spiro atoms. The molecule has 1 nitrogen and oxygen atoms in total. The van der Waals surface area contributed by atoms with Crippen molar-refractivity contribution < 1.29 is 17.9 Å². The van der Waals surface area contributed by atoms with E-state index in [0.717, 1.165) is 56.9 Å². The Morgan fingerprint density at radius 3 is 2.27 bits per heavy atom. The maximum absolute atomic E-state index is 14.9. The lowest BCUT2D eigenvalue weighted by atomic mass is 9.73. The molecular formula is C29H35F3O. The third kappa shape index (κ3) is 5.47. The van der Waals surface area contributed by atoms with E-state index in [1.54, 1.807) is 6.08 Å². The first-order valence-electron chi connectivity index (χ1n) is 12.4. The lowest BCUT2D eigenvalue weighted by Crippen LogP contribution is -2.23. The predicted octanol–water partition coefficient (Wildman–Crippen LogP) is 8.75. The average molecular weight is 457 g/mol. The van der Waals surface area contributed by atoms with Gasteiger partial charge < -0.3 is 4.74 Å². The highest BCUT2D eigenvalue weighted by Gasteiger charge is 2.33. The third-order valence-electron chi connectivity index (χ3n) is 8.07. The summed E-state index contributed by atoms with van der Waals surface area (Å²) in [5.74, 6) is 0.0163. The summed E-state index contributed by atoms with van der Waals surface area (Å²) in [7, 11) is 1.53. The summed E-state index contributed by atoms with van der Waals surface area (Å²) in [6.45, 7) is 3.87. The molecule has 0 amide bonds. The first-order chi connectivity index (χ1) is 16.0. The molecule has 0 bridgehead atoms. The first-order valence-corrected chi connectivity index (χ1v) is 12.4. The van der Waals surface area contributed by atoms with E-state index in [4.69, 9.17) is 4.74 Å². The van der Waals surface area contributed by atoms with Crippen molar-refractivity contribution in [3.8, 4) is 5.75 Å². The molecule has 1 atom stereocenters. The van der Waals surface area contributed by atoms with Crippen molar-refractivity contribution in [3.05, 3.63) is 77.7 Å². The second kappa shape index (κ2) is 10.8. The molecule has 2 fully saturated rings. The van der Waals surface area contributed by atoms with Crippen molar-refractivity contribution in [2.75, 3.05) is 7.11 Å². The lowest BCUT2D eigenvalue weighted by molar-refractivity contribution is 0.218. The molecule has 4 rings (SSSR count). The molecule has 3 aliphatic carbocycles. The van der Waals surface area contributed by atoms with Crippen molar-refractivity contribution in [2.24, 2.45) is 23.7 Å². The molecule has 0 N–H and O–H groups in total. The van der Waals surface area contributed by atoms with Gasteiger partial charge in [0.05, 0.1) is 7.11 Å². The maximum atomic E-state index is 14.9. The van der Waals surface area contributed by atoms with Crippen LogP contribution in [0.5, 0.6) is 5.75 Å². The Labute approximate surface area is 196 Å². The van der Waals surface area contributed by atoms with Crippen LogP contribution in [0.4, 0.5) is 13.2 Å². The van der Waals surface area contributed by atoms with Crippen LogP contribution in [0.2, 0.25) is 0 Å². The SMILES string of the molecule is C=CC1CCC(C2CC=C(/C=C/C3CCC(c4ccc(OC)cc4F)CC3)C(F)=C2F)CC1. The number of benzene rings is 1. The molecule has 0 aliphatic heterocycles. The van der Waals surface area contributed by atoms with Crippen LogP contribution in [-0.2, 0) is 0 Å². The van der Waals surface area contributed by atoms with E-state index >= 15 is 0 Å². The minimum Gasteiger partial charge on any atom is -0.497 e.